The fourth-order valence-electron chi connectivity index (χ4n) is 4.02. The molecular formula is C21H25N3O2. The Balaban J connectivity index is 1.48. The van der Waals surface area contributed by atoms with Crippen LogP contribution < -0.4 is 0 Å². The molecule has 0 unspecified atom stereocenters. The van der Waals surface area contributed by atoms with E-state index in [1.165, 1.54) is 17.5 Å². The van der Waals surface area contributed by atoms with Crippen LogP contribution in [0.4, 0.5) is 0 Å². The van der Waals surface area contributed by atoms with Gasteiger partial charge >= 0.3 is 0 Å². The Bertz CT molecular complexity index is 806. The summed E-state index contributed by atoms with van der Waals surface area (Å²) < 4.78 is 5.66. The largest absolute Gasteiger partial charge is 0.377 e. The number of fused-ring (bicyclic) bond motifs is 1. The molecule has 136 valence electrons. The van der Waals surface area contributed by atoms with Crippen LogP contribution in [0, 0.1) is 6.92 Å². The number of hydrogen-bond acceptors (Lipinski definition) is 4. The number of rotatable bonds is 4. The van der Waals surface area contributed by atoms with Crippen LogP contribution in [0.25, 0.3) is 0 Å². The molecule has 0 spiro atoms. The lowest BCUT2D eigenvalue weighted by Crippen LogP contribution is -2.49. The molecule has 1 saturated heterocycles. The third-order valence-corrected chi connectivity index (χ3v) is 5.53. The molecule has 5 nitrogen and oxygen atoms in total. The number of carbonyl (C=O) groups is 1. The van der Waals surface area contributed by atoms with Crippen LogP contribution in [0.5, 0.6) is 0 Å². The molecular weight excluding hydrogens is 326 g/mol. The van der Waals surface area contributed by atoms with Gasteiger partial charge in [-0.05, 0) is 62.3 Å². The molecule has 1 aromatic heterocycles. The van der Waals surface area contributed by atoms with Gasteiger partial charge in [-0.3, -0.25) is 14.8 Å². The van der Waals surface area contributed by atoms with Crippen LogP contribution in [-0.2, 0) is 24.0 Å². The second kappa shape index (κ2) is 7.54. The standard InChI is InChI=1S/C21H25N3O2/c1-15-20(23-10-9-22-15)8-7-19-14-26-12-11-24(19)21(25)18-6-5-16-3-2-4-17(16)13-18/h5-6,9-10,13,19H,2-4,7-8,11-12,14H2,1H3/t19-/m0/s1. The van der Waals surface area contributed by atoms with Gasteiger partial charge in [0.25, 0.3) is 5.91 Å². The Hall–Kier alpha value is -2.27. The van der Waals surface area contributed by atoms with Crippen molar-refractivity contribution in [3.8, 4) is 0 Å². The Morgan fingerprint density at radius 3 is 2.96 bits per heavy atom. The van der Waals surface area contributed by atoms with E-state index >= 15 is 0 Å². The van der Waals surface area contributed by atoms with Crippen LogP contribution in [0.15, 0.2) is 30.6 Å². The molecule has 1 aliphatic carbocycles. The zero-order valence-electron chi connectivity index (χ0n) is 15.3. The van der Waals surface area contributed by atoms with Gasteiger partial charge in [0.15, 0.2) is 0 Å². The minimum Gasteiger partial charge on any atom is -0.377 e. The van der Waals surface area contributed by atoms with Crippen molar-refractivity contribution in [2.24, 2.45) is 0 Å². The van der Waals surface area contributed by atoms with E-state index in [2.05, 4.69) is 22.1 Å². The monoisotopic (exact) mass is 351 g/mol. The highest BCUT2D eigenvalue weighted by Crippen LogP contribution is 2.24. The average Bonchev–Trinajstić information content (AvgIpc) is 3.15. The molecule has 0 bridgehead atoms. The Labute approximate surface area is 154 Å². The smallest absolute Gasteiger partial charge is 0.254 e. The van der Waals surface area contributed by atoms with Gasteiger partial charge in [0, 0.05) is 24.5 Å². The summed E-state index contributed by atoms with van der Waals surface area (Å²) >= 11 is 0. The lowest BCUT2D eigenvalue weighted by Gasteiger charge is -2.36. The van der Waals surface area contributed by atoms with Gasteiger partial charge < -0.3 is 9.64 Å². The molecule has 4 rings (SSSR count). The molecule has 0 N–H and O–H groups in total. The van der Waals surface area contributed by atoms with Crippen molar-refractivity contribution in [1.82, 2.24) is 14.9 Å². The fourth-order valence-corrected chi connectivity index (χ4v) is 4.02. The van der Waals surface area contributed by atoms with Crippen molar-refractivity contribution < 1.29 is 9.53 Å². The zero-order chi connectivity index (χ0) is 17.9. The van der Waals surface area contributed by atoms with Gasteiger partial charge in [-0.25, -0.2) is 0 Å². The first-order valence-electron chi connectivity index (χ1n) is 9.49. The summed E-state index contributed by atoms with van der Waals surface area (Å²) in [5, 5.41) is 0. The molecule has 2 aromatic rings. The first kappa shape index (κ1) is 17.2. The molecule has 2 aliphatic rings. The number of benzene rings is 1. The van der Waals surface area contributed by atoms with Gasteiger partial charge in [-0.15, -0.1) is 0 Å². The number of morpholine rings is 1. The Morgan fingerprint density at radius 1 is 1.23 bits per heavy atom. The molecule has 5 heteroatoms. The zero-order valence-corrected chi connectivity index (χ0v) is 15.3. The molecule has 2 heterocycles. The van der Waals surface area contributed by atoms with Crippen molar-refractivity contribution in [3.05, 3.63) is 58.7 Å². The second-order valence-electron chi connectivity index (χ2n) is 7.19. The van der Waals surface area contributed by atoms with E-state index in [4.69, 9.17) is 4.74 Å². The van der Waals surface area contributed by atoms with E-state index < -0.39 is 0 Å². The van der Waals surface area contributed by atoms with E-state index in [0.717, 1.165) is 42.6 Å². The van der Waals surface area contributed by atoms with Crippen LogP contribution in [0.3, 0.4) is 0 Å². The minimum absolute atomic E-state index is 0.0888. The number of ether oxygens (including phenoxy) is 1. The summed E-state index contributed by atoms with van der Waals surface area (Å²) in [5.41, 5.74) is 5.52. The highest BCUT2D eigenvalue weighted by Gasteiger charge is 2.28. The quantitative estimate of drug-likeness (QED) is 0.850. The number of aryl methyl sites for hydroxylation is 4. The maximum atomic E-state index is 13.1. The number of carbonyl (C=O) groups excluding carboxylic acids is 1. The molecule has 1 aromatic carbocycles. The van der Waals surface area contributed by atoms with E-state index in [1.54, 1.807) is 12.4 Å². The van der Waals surface area contributed by atoms with E-state index in [9.17, 15) is 4.79 Å². The van der Waals surface area contributed by atoms with Crippen molar-refractivity contribution in [1.29, 1.82) is 0 Å². The Morgan fingerprint density at radius 2 is 2.08 bits per heavy atom. The molecule has 1 fully saturated rings. The molecule has 0 saturated carbocycles. The molecule has 1 aliphatic heterocycles. The van der Waals surface area contributed by atoms with E-state index in [1.807, 2.05) is 17.9 Å². The summed E-state index contributed by atoms with van der Waals surface area (Å²) in [4.78, 5) is 23.8. The molecule has 26 heavy (non-hydrogen) atoms. The topological polar surface area (TPSA) is 55.3 Å². The SMILES string of the molecule is Cc1nccnc1CC[C@H]1COCCN1C(=O)c1ccc2c(c1)CCC2. The van der Waals surface area contributed by atoms with Crippen molar-refractivity contribution >= 4 is 5.91 Å². The van der Waals surface area contributed by atoms with Crippen molar-refractivity contribution in [2.45, 2.75) is 45.1 Å². The first-order chi connectivity index (χ1) is 12.7. The summed E-state index contributed by atoms with van der Waals surface area (Å²) in [6.45, 7) is 3.83. The third-order valence-electron chi connectivity index (χ3n) is 5.53. The highest BCUT2D eigenvalue weighted by molar-refractivity contribution is 5.94. The van der Waals surface area contributed by atoms with E-state index in [-0.39, 0.29) is 11.9 Å². The minimum atomic E-state index is 0.0888. The van der Waals surface area contributed by atoms with Gasteiger partial charge in [-0.2, -0.15) is 0 Å². The lowest BCUT2D eigenvalue weighted by molar-refractivity contribution is -0.00414. The summed E-state index contributed by atoms with van der Waals surface area (Å²) in [7, 11) is 0. The van der Waals surface area contributed by atoms with Gasteiger partial charge in [0.05, 0.1) is 30.6 Å². The van der Waals surface area contributed by atoms with Gasteiger partial charge in [0.2, 0.25) is 0 Å². The number of aromatic nitrogens is 2. The maximum Gasteiger partial charge on any atom is 0.254 e. The predicted molar refractivity (Wildman–Crippen MR) is 99.2 cm³/mol. The normalized spacial score (nSPS) is 19.4. The van der Waals surface area contributed by atoms with Crippen molar-refractivity contribution in [3.63, 3.8) is 0 Å². The van der Waals surface area contributed by atoms with Gasteiger partial charge in [-0.1, -0.05) is 6.07 Å². The summed E-state index contributed by atoms with van der Waals surface area (Å²) in [6.07, 6.45) is 8.53. The lowest BCUT2D eigenvalue weighted by atomic mass is 10.0. The predicted octanol–water partition coefficient (Wildman–Crippen LogP) is 2.75. The van der Waals surface area contributed by atoms with Crippen LogP contribution in [0.1, 0.15) is 45.7 Å². The van der Waals surface area contributed by atoms with Crippen LogP contribution in [-0.4, -0.2) is 46.6 Å². The molecule has 1 atom stereocenters. The van der Waals surface area contributed by atoms with Crippen LogP contribution >= 0.6 is 0 Å². The van der Waals surface area contributed by atoms with Gasteiger partial charge in [0.1, 0.15) is 0 Å². The number of amides is 1. The average molecular weight is 351 g/mol. The van der Waals surface area contributed by atoms with E-state index in [0.29, 0.717) is 19.8 Å². The molecule has 0 radical (unpaired) electrons. The molecule has 1 amide bonds. The second-order valence-corrected chi connectivity index (χ2v) is 7.19. The van der Waals surface area contributed by atoms with Crippen LogP contribution in [0.2, 0.25) is 0 Å². The number of hydrogen-bond donors (Lipinski definition) is 0. The summed E-state index contributed by atoms with van der Waals surface area (Å²) in [5.74, 6) is 0.129. The Kier molecular flexibility index (Phi) is 4.98. The third kappa shape index (κ3) is 3.49. The van der Waals surface area contributed by atoms with Crippen molar-refractivity contribution in [2.75, 3.05) is 19.8 Å². The maximum absolute atomic E-state index is 13.1. The first-order valence-corrected chi connectivity index (χ1v) is 9.49. The fraction of sp³-hybridized carbons (Fsp3) is 0.476. The number of nitrogens with zero attached hydrogens (tertiary/aromatic N) is 3. The summed E-state index contributed by atoms with van der Waals surface area (Å²) in [6, 6.07) is 6.31. The highest BCUT2D eigenvalue weighted by atomic mass is 16.5.